The first-order valence-corrected chi connectivity index (χ1v) is 6.99. The van der Waals surface area contributed by atoms with Gasteiger partial charge in [-0.3, -0.25) is 0 Å². The van der Waals surface area contributed by atoms with Gasteiger partial charge in [0.15, 0.2) is 16.5 Å². The van der Waals surface area contributed by atoms with Gasteiger partial charge in [0.05, 0.1) is 0 Å². The molecule has 2 N–H and O–H groups in total. The highest BCUT2D eigenvalue weighted by Gasteiger charge is 2.36. The molecule has 0 spiro atoms. The van der Waals surface area contributed by atoms with Gasteiger partial charge >= 0.3 is 6.36 Å². The third-order valence-electron chi connectivity index (χ3n) is 1.95. The van der Waals surface area contributed by atoms with Gasteiger partial charge in [-0.15, -0.1) is 13.2 Å². The molecule has 0 atom stereocenters. The van der Waals surface area contributed by atoms with Crippen LogP contribution in [0.2, 0.25) is 0 Å². The number of halogens is 6. The van der Waals surface area contributed by atoms with E-state index in [1.807, 2.05) is 0 Å². The van der Waals surface area contributed by atoms with Crippen LogP contribution in [-0.2, 0) is 15.6 Å². The lowest BCUT2D eigenvalue weighted by Crippen LogP contribution is -2.21. The van der Waals surface area contributed by atoms with Gasteiger partial charge in [0.2, 0.25) is 0 Å². The maximum absolute atomic E-state index is 12.7. The van der Waals surface area contributed by atoms with Crippen LogP contribution in [0.25, 0.3) is 0 Å². The lowest BCUT2D eigenvalue weighted by atomic mass is 10.2. The molecule has 0 aliphatic carbocycles. The summed E-state index contributed by atoms with van der Waals surface area (Å²) >= 11 is 0. The number of pyridine rings is 1. The minimum atomic E-state index is -5.27. The Hall–Kier alpha value is -1.20. The smallest absolute Gasteiger partial charge is 0.403 e. The summed E-state index contributed by atoms with van der Waals surface area (Å²) in [7, 11) is 0.394. The van der Waals surface area contributed by atoms with E-state index >= 15 is 0 Å². The number of rotatable bonds is 4. The van der Waals surface area contributed by atoms with Crippen molar-refractivity contribution in [3.05, 3.63) is 17.3 Å². The number of nitrogens with two attached hydrogens (primary N) is 1. The van der Waals surface area contributed by atoms with Crippen molar-refractivity contribution in [3.8, 4) is 5.75 Å². The number of alkyl halides is 5. The molecule has 0 saturated heterocycles. The second kappa shape index (κ2) is 5.66. The summed E-state index contributed by atoms with van der Waals surface area (Å²) in [5.74, 6) is -1.33. The van der Waals surface area contributed by atoms with Crippen molar-refractivity contribution in [2.24, 2.45) is 5.73 Å². The van der Waals surface area contributed by atoms with Crippen molar-refractivity contribution in [2.45, 2.75) is 24.4 Å². The summed E-state index contributed by atoms with van der Waals surface area (Å²) in [5.41, 5.74) is 2.96. The fraction of sp³-hybridized carbons (Fsp3) is 0.375. The zero-order valence-electron chi connectivity index (χ0n) is 9.29. The Balaban J connectivity index is 3.57. The molecule has 5 nitrogen and oxygen atoms in total. The number of aromatic nitrogens is 1. The highest BCUT2D eigenvalue weighted by atomic mass is 35.7. The lowest BCUT2D eigenvalue weighted by molar-refractivity contribution is -0.275. The van der Waals surface area contributed by atoms with E-state index in [9.17, 15) is 30.4 Å². The molecule has 0 saturated carbocycles. The molecule has 0 radical (unpaired) electrons. The molecule has 114 valence electrons. The average molecular weight is 341 g/mol. The number of hydrogen-bond acceptors (Lipinski definition) is 5. The number of ether oxygens (including phenoxy) is 1. The Labute approximate surface area is 113 Å². The second-order valence-corrected chi connectivity index (χ2v) is 5.84. The molecule has 0 fully saturated rings. The summed E-state index contributed by atoms with van der Waals surface area (Å²) in [6.45, 7) is -0.687. The van der Waals surface area contributed by atoms with Crippen LogP contribution in [0.4, 0.5) is 22.0 Å². The normalized spacial score (nSPS) is 12.8. The quantitative estimate of drug-likeness (QED) is 0.672. The van der Waals surface area contributed by atoms with Gasteiger partial charge in [-0.25, -0.2) is 22.2 Å². The van der Waals surface area contributed by atoms with Gasteiger partial charge in [0, 0.05) is 22.8 Å². The largest absolute Gasteiger partial charge is 0.573 e. The van der Waals surface area contributed by atoms with Crippen LogP contribution in [0.1, 0.15) is 17.7 Å². The summed E-state index contributed by atoms with van der Waals surface area (Å²) in [4.78, 5) is 2.89. The van der Waals surface area contributed by atoms with Crippen LogP contribution < -0.4 is 10.5 Å². The fourth-order valence-corrected chi connectivity index (χ4v) is 1.97. The Morgan fingerprint density at radius 3 is 2.30 bits per heavy atom. The molecule has 0 unspecified atom stereocenters. The van der Waals surface area contributed by atoms with E-state index < -0.39 is 50.4 Å². The molecule has 1 rings (SSSR count). The van der Waals surface area contributed by atoms with E-state index in [1.54, 1.807) is 0 Å². The van der Waals surface area contributed by atoms with E-state index in [1.165, 1.54) is 0 Å². The van der Waals surface area contributed by atoms with Crippen LogP contribution >= 0.6 is 10.7 Å². The third kappa shape index (κ3) is 4.15. The van der Waals surface area contributed by atoms with E-state index in [2.05, 4.69) is 9.72 Å². The molecule has 1 heterocycles. The van der Waals surface area contributed by atoms with Gasteiger partial charge in [0.25, 0.3) is 15.5 Å². The average Bonchev–Trinajstić information content (AvgIpc) is 2.25. The molecule has 0 amide bonds. The molecule has 20 heavy (non-hydrogen) atoms. The van der Waals surface area contributed by atoms with Gasteiger partial charge in [-0.1, -0.05) is 0 Å². The highest BCUT2D eigenvalue weighted by Crippen LogP contribution is 2.36. The van der Waals surface area contributed by atoms with Crippen molar-refractivity contribution in [1.29, 1.82) is 0 Å². The minimum absolute atomic E-state index is 0.537. The zero-order chi connectivity index (χ0) is 15.7. The standard InChI is InChI=1S/C8H6ClF5N2O3S/c9-20(17,18)4-1-3(2-15)6(19-8(12,13)14)5(16-4)7(10)11/h1,7H,2,15H2. The summed E-state index contributed by atoms with van der Waals surface area (Å²) < 4.78 is 87.3. The maximum atomic E-state index is 12.7. The fourth-order valence-electron chi connectivity index (χ4n) is 1.24. The van der Waals surface area contributed by atoms with E-state index in [-0.39, 0.29) is 0 Å². The van der Waals surface area contributed by atoms with Crippen LogP contribution in [0.3, 0.4) is 0 Å². The predicted octanol–water partition coefficient (Wildman–Crippen LogP) is 2.30. The maximum Gasteiger partial charge on any atom is 0.573 e. The molecule has 1 aromatic rings. The van der Waals surface area contributed by atoms with Crippen LogP contribution in [0.5, 0.6) is 5.75 Å². The zero-order valence-corrected chi connectivity index (χ0v) is 10.9. The lowest BCUT2D eigenvalue weighted by Gasteiger charge is -2.16. The van der Waals surface area contributed by atoms with Crippen molar-refractivity contribution < 1.29 is 35.1 Å². The van der Waals surface area contributed by atoms with Crippen LogP contribution in [0, 0.1) is 0 Å². The third-order valence-corrected chi connectivity index (χ3v) is 3.13. The first-order valence-electron chi connectivity index (χ1n) is 4.68. The second-order valence-electron chi connectivity index (χ2n) is 3.32. The summed E-state index contributed by atoms with van der Waals surface area (Å²) in [6, 6.07) is 0.537. The van der Waals surface area contributed by atoms with E-state index in [0.29, 0.717) is 6.07 Å². The van der Waals surface area contributed by atoms with Crippen molar-refractivity contribution in [1.82, 2.24) is 4.98 Å². The SMILES string of the molecule is NCc1cc(S(=O)(=O)Cl)nc(C(F)F)c1OC(F)(F)F. The molecular formula is C8H6ClF5N2O3S. The predicted molar refractivity (Wildman–Crippen MR) is 56.8 cm³/mol. The molecule has 0 aliphatic rings. The monoisotopic (exact) mass is 340 g/mol. The number of hydrogen-bond donors (Lipinski definition) is 1. The van der Waals surface area contributed by atoms with Gasteiger partial charge in [-0.2, -0.15) is 0 Å². The Morgan fingerprint density at radius 2 is 1.95 bits per heavy atom. The van der Waals surface area contributed by atoms with Crippen LogP contribution in [-0.4, -0.2) is 19.8 Å². The molecule has 12 heteroatoms. The van der Waals surface area contributed by atoms with Crippen molar-refractivity contribution >= 4 is 19.7 Å². The van der Waals surface area contributed by atoms with Crippen molar-refractivity contribution in [3.63, 3.8) is 0 Å². The van der Waals surface area contributed by atoms with Gasteiger partial charge in [-0.05, 0) is 6.07 Å². The van der Waals surface area contributed by atoms with E-state index in [0.717, 1.165) is 0 Å². The van der Waals surface area contributed by atoms with Crippen molar-refractivity contribution in [2.75, 3.05) is 0 Å². The molecule has 0 aromatic carbocycles. The van der Waals surface area contributed by atoms with Gasteiger partial charge < -0.3 is 10.5 Å². The topological polar surface area (TPSA) is 82.3 Å². The van der Waals surface area contributed by atoms with Crippen LogP contribution in [0.15, 0.2) is 11.1 Å². The first kappa shape index (κ1) is 16.9. The minimum Gasteiger partial charge on any atom is -0.403 e. The number of nitrogens with zero attached hydrogens (tertiary/aromatic N) is 1. The molecular weight excluding hydrogens is 335 g/mol. The molecule has 1 aromatic heterocycles. The highest BCUT2D eigenvalue weighted by molar-refractivity contribution is 8.13. The molecule has 0 bridgehead atoms. The Bertz CT molecular complexity index is 605. The Kier molecular flexibility index (Phi) is 4.77. The summed E-state index contributed by atoms with van der Waals surface area (Å²) in [5, 5.41) is -1.04. The Morgan fingerprint density at radius 1 is 1.40 bits per heavy atom. The summed E-state index contributed by atoms with van der Waals surface area (Å²) in [6.07, 6.45) is -8.78. The first-order chi connectivity index (χ1) is 8.95. The van der Waals surface area contributed by atoms with Gasteiger partial charge in [0.1, 0.15) is 0 Å². The molecule has 0 aliphatic heterocycles. The van der Waals surface area contributed by atoms with E-state index in [4.69, 9.17) is 16.4 Å².